The normalized spacial score (nSPS) is 14.3. The van der Waals surface area contributed by atoms with Crippen LogP contribution in [0.3, 0.4) is 0 Å². The molecule has 0 bridgehead atoms. The van der Waals surface area contributed by atoms with Crippen molar-refractivity contribution in [1.82, 2.24) is 9.97 Å². The highest BCUT2D eigenvalue weighted by molar-refractivity contribution is 5.75. The van der Waals surface area contributed by atoms with Crippen LogP contribution < -0.4 is 0 Å². The molecule has 0 fully saturated rings. The maximum atomic E-state index is 11.1. The number of hydrogen-bond acceptors (Lipinski definition) is 6. The Kier molecular flexibility index (Phi) is 4.14. The first-order valence-corrected chi connectivity index (χ1v) is 4.44. The summed E-state index contributed by atoms with van der Waals surface area (Å²) in [5.74, 6) is -0.867. The number of aliphatic hydroxyl groups is 2. The van der Waals surface area contributed by atoms with Gasteiger partial charge >= 0.3 is 5.97 Å². The van der Waals surface area contributed by atoms with Crippen LogP contribution in [-0.2, 0) is 9.53 Å². The van der Waals surface area contributed by atoms with Gasteiger partial charge < -0.3 is 14.9 Å². The van der Waals surface area contributed by atoms with Crippen LogP contribution in [0.25, 0.3) is 0 Å². The molecule has 0 unspecified atom stereocenters. The van der Waals surface area contributed by atoms with Crippen LogP contribution in [-0.4, -0.2) is 38.9 Å². The molecule has 82 valence electrons. The zero-order valence-corrected chi connectivity index (χ0v) is 8.20. The van der Waals surface area contributed by atoms with E-state index >= 15 is 0 Å². The molecule has 6 heteroatoms. The molecule has 0 aromatic carbocycles. The molecular formula is C9H12N2O4. The Morgan fingerprint density at radius 2 is 2.07 bits per heavy atom. The Morgan fingerprint density at radius 3 is 2.60 bits per heavy atom. The van der Waals surface area contributed by atoms with Gasteiger partial charge in [0.25, 0.3) is 0 Å². The zero-order valence-electron chi connectivity index (χ0n) is 8.20. The van der Waals surface area contributed by atoms with E-state index in [9.17, 15) is 15.0 Å². The third-order valence-electron chi connectivity index (χ3n) is 1.75. The minimum atomic E-state index is -1.61. The fraction of sp³-hybridized carbons (Fsp3) is 0.444. The van der Waals surface area contributed by atoms with Gasteiger partial charge in [0.1, 0.15) is 12.4 Å². The maximum absolute atomic E-state index is 11.1. The third kappa shape index (κ3) is 2.97. The average molecular weight is 212 g/mol. The van der Waals surface area contributed by atoms with E-state index in [0.717, 1.165) is 0 Å². The van der Waals surface area contributed by atoms with Gasteiger partial charge in [0.05, 0.1) is 6.61 Å². The topological polar surface area (TPSA) is 92.5 Å². The number of aromatic nitrogens is 2. The smallest absolute Gasteiger partial charge is 0.338 e. The van der Waals surface area contributed by atoms with Gasteiger partial charge in [-0.2, -0.15) is 0 Å². The van der Waals surface area contributed by atoms with Crippen LogP contribution >= 0.6 is 0 Å². The Bertz CT molecular complexity index is 317. The highest BCUT2D eigenvalue weighted by atomic mass is 16.5. The first-order valence-electron chi connectivity index (χ1n) is 4.44. The summed E-state index contributed by atoms with van der Waals surface area (Å²) in [6.45, 7) is 1.76. The molecule has 1 rings (SSSR count). The van der Waals surface area contributed by atoms with E-state index in [4.69, 9.17) is 0 Å². The first-order chi connectivity index (χ1) is 7.16. The van der Waals surface area contributed by atoms with Crippen molar-refractivity contribution in [2.75, 3.05) is 6.61 Å². The molecule has 0 amide bonds. The van der Waals surface area contributed by atoms with Gasteiger partial charge in [0, 0.05) is 18.0 Å². The van der Waals surface area contributed by atoms with Crippen LogP contribution in [0.15, 0.2) is 18.7 Å². The predicted octanol–water partition coefficient (Wildman–Crippen LogP) is -0.566. The summed E-state index contributed by atoms with van der Waals surface area (Å²) >= 11 is 0. The molecule has 0 saturated heterocycles. The van der Waals surface area contributed by atoms with Crippen LogP contribution in [0.1, 0.15) is 18.6 Å². The summed E-state index contributed by atoms with van der Waals surface area (Å²) in [5, 5.41) is 18.9. The Hall–Kier alpha value is -1.53. The largest absolute Gasteiger partial charge is 0.464 e. The third-order valence-corrected chi connectivity index (χ3v) is 1.75. The quantitative estimate of drug-likeness (QED) is 0.649. The lowest BCUT2D eigenvalue weighted by atomic mass is 10.1. The fourth-order valence-corrected chi connectivity index (χ4v) is 1.00. The molecule has 1 heterocycles. The number of carbonyl (C=O) groups is 1. The van der Waals surface area contributed by atoms with Gasteiger partial charge in [-0.1, -0.05) is 0 Å². The SMILES string of the molecule is CCOC(=O)[C@H](O)[C@H](O)c1cncnc1. The molecule has 0 aliphatic heterocycles. The van der Waals surface area contributed by atoms with E-state index in [1.165, 1.54) is 18.7 Å². The van der Waals surface area contributed by atoms with Crippen molar-refractivity contribution in [3.63, 3.8) is 0 Å². The molecule has 1 aromatic heterocycles. The Balaban J connectivity index is 2.68. The van der Waals surface area contributed by atoms with Gasteiger partial charge in [-0.05, 0) is 6.92 Å². The number of carbonyl (C=O) groups excluding carboxylic acids is 1. The van der Waals surface area contributed by atoms with E-state index < -0.39 is 18.2 Å². The standard InChI is InChI=1S/C9H12N2O4/c1-2-15-9(14)8(13)7(12)6-3-10-5-11-4-6/h3-5,7-8,12-13H,2H2,1H3/t7-,8-/m1/s1. The molecule has 6 nitrogen and oxygen atoms in total. The Labute approximate surface area is 86.6 Å². The number of nitrogens with zero attached hydrogens (tertiary/aromatic N) is 2. The van der Waals surface area contributed by atoms with Gasteiger partial charge in [-0.15, -0.1) is 0 Å². The summed E-state index contributed by atoms with van der Waals surface area (Å²) in [6, 6.07) is 0. The summed E-state index contributed by atoms with van der Waals surface area (Å²) in [5.41, 5.74) is 0.262. The van der Waals surface area contributed by atoms with Crippen molar-refractivity contribution in [1.29, 1.82) is 0 Å². The molecule has 15 heavy (non-hydrogen) atoms. The number of aliphatic hydroxyl groups excluding tert-OH is 2. The highest BCUT2D eigenvalue weighted by Crippen LogP contribution is 2.15. The molecule has 0 spiro atoms. The minimum absolute atomic E-state index is 0.147. The van der Waals surface area contributed by atoms with E-state index in [2.05, 4.69) is 14.7 Å². The second-order valence-electron chi connectivity index (χ2n) is 2.81. The maximum Gasteiger partial charge on any atom is 0.338 e. The van der Waals surface area contributed by atoms with Crippen molar-refractivity contribution in [2.45, 2.75) is 19.1 Å². The van der Waals surface area contributed by atoms with Gasteiger partial charge in [-0.3, -0.25) is 0 Å². The van der Waals surface area contributed by atoms with Crippen molar-refractivity contribution in [3.8, 4) is 0 Å². The molecule has 0 aliphatic rings. The van der Waals surface area contributed by atoms with E-state index in [1.807, 2.05) is 0 Å². The number of hydrogen-bond donors (Lipinski definition) is 2. The highest BCUT2D eigenvalue weighted by Gasteiger charge is 2.27. The Morgan fingerprint density at radius 1 is 1.47 bits per heavy atom. The molecule has 1 aromatic rings. The van der Waals surface area contributed by atoms with Gasteiger partial charge in [0.15, 0.2) is 6.10 Å². The molecule has 2 N–H and O–H groups in total. The van der Waals surface area contributed by atoms with Crippen molar-refractivity contribution < 1.29 is 19.7 Å². The van der Waals surface area contributed by atoms with Gasteiger partial charge in [0.2, 0.25) is 0 Å². The van der Waals surface area contributed by atoms with Crippen molar-refractivity contribution in [2.24, 2.45) is 0 Å². The summed E-state index contributed by atoms with van der Waals surface area (Å²) < 4.78 is 4.56. The second-order valence-corrected chi connectivity index (χ2v) is 2.81. The summed E-state index contributed by atoms with van der Waals surface area (Å²) in [6.07, 6.45) is 0.939. The number of ether oxygens (including phenoxy) is 1. The molecular weight excluding hydrogens is 200 g/mol. The van der Waals surface area contributed by atoms with E-state index in [0.29, 0.717) is 0 Å². The van der Waals surface area contributed by atoms with Crippen molar-refractivity contribution >= 4 is 5.97 Å². The summed E-state index contributed by atoms with van der Waals surface area (Å²) in [4.78, 5) is 18.4. The lowest BCUT2D eigenvalue weighted by Crippen LogP contribution is -2.30. The molecule has 2 atom stereocenters. The molecule has 0 radical (unpaired) electrons. The van der Waals surface area contributed by atoms with Crippen LogP contribution in [0.5, 0.6) is 0 Å². The van der Waals surface area contributed by atoms with Gasteiger partial charge in [-0.25, -0.2) is 14.8 Å². The summed E-state index contributed by atoms with van der Waals surface area (Å²) in [7, 11) is 0. The predicted molar refractivity (Wildman–Crippen MR) is 49.6 cm³/mol. The zero-order chi connectivity index (χ0) is 11.3. The van der Waals surface area contributed by atoms with Crippen molar-refractivity contribution in [3.05, 3.63) is 24.3 Å². The van der Waals surface area contributed by atoms with E-state index in [1.54, 1.807) is 6.92 Å². The minimum Gasteiger partial charge on any atom is -0.464 e. The lowest BCUT2D eigenvalue weighted by molar-refractivity contribution is -0.159. The average Bonchev–Trinajstić information content (AvgIpc) is 2.28. The number of rotatable bonds is 4. The first kappa shape index (κ1) is 11.5. The molecule has 0 aliphatic carbocycles. The van der Waals surface area contributed by atoms with E-state index in [-0.39, 0.29) is 12.2 Å². The lowest BCUT2D eigenvalue weighted by Gasteiger charge is -2.15. The van der Waals surface area contributed by atoms with Crippen LogP contribution in [0, 0.1) is 0 Å². The molecule has 0 saturated carbocycles. The number of esters is 1. The van der Waals surface area contributed by atoms with Crippen LogP contribution in [0.4, 0.5) is 0 Å². The van der Waals surface area contributed by atoms with Crippen LogP contribution in [0.2, 0.25) is 0 Å². The fourth-order valence-electron chi connectivity index (χ4n) is 1.00. The monoisotopic (exact) mass is 212 g/mol. The second kappa shape index (κ2) is 5.38.